The van der Waals surface area contributed by atoms with Crippen molar-refractivity contribution >= 4 is 6.16 Å². The Kier molecular flexibility index (Phi) is 6.78. The molecule has 0 aromatic heterocycles. The number of hydrogen-bond acceptors (Lipinski definition) is 6. The van der Waals surface area contributed by atoms with Crippen LogP contribution in [0.1, 0.15) is 28.4 Å². The van der Waals surface area contributed by atoms with Gasteiger partial charge >= 0.3 is 12.1 Å². The van der Waals surface area contributed by atoms with E-state index in [4.69, 9.17) is 14.6 Å². The van der Waals surface area contributed by atoms with Crippen LogP contribution in [0.15, 0.2) is 42.5 Å². The Labute approximate surface area is 177 Å². The smallest absolute Gasteiger partial charge is 0.497 e. The van der Waals surface area contributed by atoms with Crippen molar-refractivity contribution in [2.75, 3.05) is 13.7 Å². The summed E-state index contributed by atoms with van der Waals surface area (Å²) in [5.74, 6) is -3.17. The Balaban J connectivity index is 1.86. The largest absolute Gasteiger partial charge is 0.505 e. The minimum Gasteiger partial charge on any atom is -0.497 e. The third-order valence-electron chi connectivity index (χ3n) is 5.38. The van der Waals surface area contributed by atoms with E-state index in [2.05, 4.69) is 4.74 Å². The van der Waals surface area contributed by atoms with Gasteiger partial charge in [-0.1, -0.05) is 30.3 Å². The van der Waals surface area contributed by atoms with Gasteiger partial charge in [-0.2, -0.15) is 0 Å². The van der Waals surface area contributed by atoms with Gasteiger partial charge in [0.15, 0.2) is 6.10 Å². The van der Waals surface area contributed by atoms with Crippen LogP contribution in [0.4, 0.5) is 13.6 Å². The van der Waals surface area contributed by atoms with Crippen LogP contribution >= 0.6 is 0 Å². The molecule has 1 heterocycles. The molecule has 1 aliphatic heterocycles. The van der Waals surface area contributed by atoms with Gasteiger partial charge in [0.2, 0.25) is 0 Å². The quantitative estimate of drug-likeness (QED) is 0.595. The second-order valence-corrected chi connectivity index (χ2v) is 7.44. The minimum absolute atomic E-state index is 0.386. The molecule has 2 aromatic carbocycles. The molecular formula is C22H24F2O7. The van der Waals surface area contributed by atoms with Gasteiger partial charge in [-0.25, -0.2) is 13.6 Å². The van der Waals surface area contributed by atoms with Gasteiger partial charge in [0.05, 0.1) is 7.11 Å². The predicted molar refractivity (Wildman–Crippen MR) is 106 cm³/mol. The molecule has 9 heteroatoms. The van der Waals surface area contributed by atoms with Gasteiger partial charge in [-0.3, -0.25) is 0 Å². The Bertz CT molecular complexity index is 917. The Morgan fingerprint density at radius 1 is 1.16 bits per heavy atom. The second kappa shape index (κ2) is 9.17. The molecule has 168 valence electrons. The molecular weight excluding hydrogens is 414 g/mol. The topological polar surface area (TPSA) is 105 Å². The first-order valence-corrected chi connectivity index (χ1v) is 9.61. The summed E-state index contributed by atoms with van der Waals surface area (Å²) in [6.45, 7) is 0.917. The fraction of sp³-hybridized carbons (Fsp3) is 0.409. The van der Waals surface area contributed by atoms with Crippen molar-refractivity contribution in [1.82, 2.24) is 0 Å². The minimum atomic E-state index is -3.89. The van der Waals surface area contributed by atoms with Crippen molar-refractivity contribution in [3.05, 3.63) is 64.7 Å². The zero-order chi connectivity index (χ0) is 22.8. The van der Waals surface area contributed by atoms with E-state index in [0.717, 1.165) is 22.4 Å². The van der Waals surface area contributed by atoms with Crippen molar-refractivity contribution < 1.29 is 43.1 Å². The van der Waals surface area contributed by atoms with E-state index in [0.29, 0.717) is 12.0 Å². The molecule has 3 N–H and O–H groups in total. The van der Waals surface area contributed by atoms with Crippen LogP contribution in [-0.2, 0) is 15.9 Å². The Hall–Kier alpha value is -2.75. The molecule has 7 nitrogen and oxygen atoms in total. The number of hydrogen-bond donors (Lipinski definition) is 3. The summed E-state index contributed by atoms with van der Waals surface area (Å²) in [5.41, 5.74) is 3.20. The highest BCUT2D eigenvalue weighted by molar-refractivity contribution is 5.56. The zero-order valence-electron chi connectivity index (χ0n) is 17.0. The first-order chi connectivity index (χ1) is 14.6. The van der Waals surface area contributed by atoms with E-state index in [1.54, 1.807) is 25.3 Å². The standard InChI is InChI=1S/C22H24F2O7/c1-12-3-6-14(10-15(12)9-13-4-7-16(29-2)8-5-13)19-18(25)20(26)22(23,24)17(31-19)11-30-21(27)28/h3-8,10,17-20,25-26H,9,11H2,1-2H3,(H,27,28). The molecule has 1 saturated heterocycles. The lowest BCUT2D eigenvalue weighted by atomic mass is 9.88. The summed E-state index contributed by atoms with van der Waals surface area (Å²) in [6.07, 6.45) is -8.89. The van der Waals surface area contributed by atoms with Gasteiger partial charge in [0, 0.05) is 0 Å². The molecule has 0 amide bonds. The van der Waals surface area contributed by atoms with Crippen molar-refractivity contribution in [3.8, 4) is 5.75 Å². The maximum atomic E-state index is 14.3. The third-order valence-corrected chi connectivity index (χ3v) is 5.38. The fourth-order valence-corrected chi connectivity index (χ4v) is 3.53. The molecule has 4 atom stereocenters. The summed E-state index contributed by atoms with van der Waals surface area (Å²) in [6, 6.07) is 12.6. The van der Waals surface area contributed by atoms with Crippen molar-refractivity contribution in [1.29, 1.82) is 0 Å². The fourth-order valence-electron chi connectivity index (χ4n) is 3.53. The first kappa shape index (κ1) is 22.9. The number of carboxylic acid groups (broad SMARTS) is 1. The number of aryl methyl sites for hydroxylation is 1. The molecule has 0 spiro atoms. The maximum absolute atomic E-state index is 14.3. The lowest BCUT2D eigenvalue weighted by Crippen LogP contribution is -2.60. The number of aliphatic hydroxyl groups excluding tert-OH is 2. The lowest BCUT2D eigenvalue weighted by molar-refractivity contribution is -0.296. The van der Waals surface area contributed by atoms with Crippen LogP contribution in [0.3, 0.4) is 0 Å². The number of halogens is 2. The van der Waals surface area contributed by atoms with E-state index in [-0.39, 0.29) is 0 Å². The van der Waals surface area contributed by atoms with Crippen LogP contribution in [0.2, 0.25) is 0 Å². The average molecular weight is 438 g/mol. The highest BCUT2D eigenvalue weighted by atomic mass is 19.3. The van der Waals surface area contributed by atoms with Crippen LogP contribution in [0, 0.1) is 6.92 Å². The molecule has 1 aliphatic rings. The number of rotatable bonds is 6. The Morgan fingerprint density at radius 3 is 2.45 bits per heavy atom. The van der Waals surface area contributed by atoms with Crippen LogP contribution in [0.5, 0.6) is 5.75 Å². The Morgan fingerprint density at radius 2 is 1.84 bits per heavy atom. The molecule has 0 aliphatic carbocycles. The van der Waals surface area contributed by atoms with E-state index < -0.39 is 43.1 Å². The molecule has 31 heavy (non-hydrogen) atoms. The van der Waals surface area contributed by atoms with Crippen LogP contribution in [0.25, 0.3) is 0 Å². The predicted octanol–water partition coefficient (Wildman–Crippen LogP) is 3.09. The molecule has 3 rings (SSSR count). The van der Waals surface area contributed by atoms with Crippen molar-refractivity contribution in [2.24, 2.45) is 0 Å². The molecule has 4 unspecified atom stereocenters. The summed E-state index contributed by atoms with van der Waals surface area (Å²) in [5, 5.41) is 28.9. The average Bonchev–Trinajstić information content (AvgIpc) is 2.74. The van der Waals surface area contributed by atoms with Gasteiger partial charge in [0.1, 0.15) is 30.7 Å². The number of aliphatic hydroxyl groups is 2. The van der Waals surface area contributed by atoms with Gasteiger partial charge in [0.25, 0.3) is 0 Å². The third kappa shape index (κ3) is 4.95. The van der Waals surface area contributed by atoms with Crippen molar-refractivity contribution in [2.45, 2.75) is 43.7 Å². The van der Waals surface area contributed by atoms with Crippen LogP contribution in [-0.4, -0.2) is 59.4 Å². The monoisotopic (exact) mass is 438 g/mol. The maximum Gasteiger partial charge on any atom is 0.505 e. The summed E-state index contributed by atoms with van der Waals surface area (Å²) >= 11 is 0. The van der Waals surface area contributed by atoms with E-state index >= 15 is 0 Å². The highest BCUT2D eigenvalue weighted by Gasteiger charge is 2.58. The number of carbonyl (C=O) groups is 1. The van der Waals surface area contributed by atoms with Crippen LogP contribution < -0.4 is 4.74 Å². The second-order valence-electron chi connectivity index (χ2n) is 7.44. The lowest BCUT2D eigenvalue weighted by Gasteiger charge is -2.42. The highest BCUT2D eigenvalue weighted by Crippen LogP contribution is 2.41. The SMILES string of the molecule is COc1ccc(Cc2cc(C3OC(COC(=O)O)C(F)(F)C(O)C3O)ccc2C)cc1. The summed E-state index contributed by atoms with van der Waals surface area (Å²) < 4.78 is 43.4. The van der Waals surface area contributed by atoms with E-state index in [9.17, 15) is 23.8 Å². The first-order valence-electron chi connectivity index (χ1n) is 9.61. The number of methoxy groups -OCH3 is 1. The molecule has 0 saturated carbocycles. The molecule has 2 aromatic rings. The molecule has 1 fully saturated rings. The number of ether oxygens (including phenoxy) is 3. The summed E-state index contributed by atoms with van der Waals surface area (Å²) in [4.78, 5) is 10.6. The van der Waals surface area contributed by atoms with Gasteiger partial charge in [-0.05, 0) is 47.7 Å². The van der Waals surface area contributed by atoms with Gasteiger partial charge < -0.3 is 29.5 Å². The van der Waals surface area contributed by atoms with Gasteiger partial charge in [-0.15, -0.1) is 0 Å². The molecule has 0 bridgehead atoms. The molecule has 0 radical (unpaired) electrons. The van der Waals surface area contributed by atoms with E-state index in [1.807, 2.05) is 31.2 Å². The zero-order valence-corrected chi connectivity index (χ0v) is 17.0. The van der Waals surface area contributed by atoms with Crippen molar-refractivity contribution in [3.63, 3.8) is 0 Å². The van der Waals surface area contributed by atoms with E-state index in [1.165, 1.54) is 0 Å². The number of benzene rings is 2. The summed E-state index contributed by atoms with van der Waals surface area (Å²) in [7, 11) is 1.57. The number of alkyl halides is 2. The normalized spacial score (nSPS) is 25.1.